The molecule has 118 valence electrons. The zero-order chi connectivity index (χ0) is 15.2. The van der Waals surface area contributed by atoms with Crippen molar-refractivity contribution in [2.75, 3.05) is 0 Å². The van der Waals surface area contributed by atoms with Crippen molar-refractivity contribution in [1.29, 1.82) is 0 Å². The Labute approximate surface area is 126 Å². The summed E-state index contributed by atoms with van der Waals surface area (Å²) in [6.45, 7) is 3.80. The Morgan fingerprint density at radius 2 is 1.62 bits per heavy atom. The summed E-state index contributed by atoms with van der Waals surface area (Å²) in [6, 6.07) is -0.851. The van der Waals surface area contributed by atoms with Gasteiger partial charge < -0.3 is 15.2 Å². The molecule has 0 radical (unpaired) electrons. The number of carboxylic acids is 1. The van der Waals surface area contributed by atoms with Gasteiger partial charge in [-0.25, -0.2) is 0 Å². The van der Waals surface area contributed by atoms with Crippen LogP contribution in [0.3, 0.4) is 0 Å². The Bertz CT molecular complexity index is 410. The van der Waals surface area contributed by atoms with Crippen LogP contribution in [-0.2, 0) is 9.59 Å². The van der Waals surface area contributed by atoms with Crippen LogP contribution in [0.25, 0.3) is 0 Å². The van der Waals surface area contributed by atoms with Gasteiger partial charge in [-0.15, -0.1) is 0 Å². The fourth-order valence-electron chi connectivity index (χ4n) is 5.35. The molecule has 4 bridgehead atoms. The molecule has 21 heavy (non-hydrogen) atoms. The van der Waals surface area contributed by atoms with Gasteiger partial charge in [0, 0.05) is 5.41 Å². The van der Waals surface area contributed by atoms with Crippen LogP contribution in [0.4, 0.5) is 0 Å². The van der Waals surface area contributed by atoms with Crippen molar-refractivity contribution in [1.82, 2.24) is 5.32 Å². The SMILES string of the molecule is CC[C@H](C)[C@@H](NC(=O)C12CC3CC(CC(C3)C1)C2)C(=O)[O-]. The number of hydrogen-bond donors (Lipinski definition) is 1. The van der Waals surface area contributed by atoms with E-state index in [2.05, 4.69) is 5.32 Å². The zero-order valence-electron chi connectivity index (χ0n) is 13.1. The van der Waals surface area contributed by atoms with Gasteiger partial charge in [-0.05, 0) is 62.2 Å². The molecule has 1 N–H and O–H groups in total. The summed E-state index contributed by atoms with van der Waals surface area (Å²) >= 11 is 0. The number of aliphatic carboxylic acids is 1. The standard InChI is InChI=1S/C17H27NO3/c1-3-10(2)14(15(19)20)18-16(21)17-7-11-4-12(8-17)6-13(5-11)9-17/h10-14H,3-9H2,1-2H3,(H,18,21)(H,19,20)/p-1/t10-,11?,12?,13?,14+,17?/m0/s1. The van der Waals surface area contributed by atoms with E-state index < -0.39 is 12.0 Å². The predicted octanol–water partition coefficient (Wildman–Crippen LogP) is 1.48. The molecule has 0 unspecified atom stereocenters. The smallest absolute Gasteiger partial charge is 0.226 e. The molecular formula is C17H26NO3-. The number of carboxylic acid groups (broad SMARTS) is 1. The van der Waals surface area contributed by atoms with Crippen LogP contribution in [0.5, 0.6) is 0 Å². The van der Waals surface area contributed by atoms with Gasteiger partial charge in [0.2, 0.25) is 5.91 Å². The highest BCUT2D eigenvalue weighted by atomic mass is 16.4. The number of nitrogens with one attached hydrogen (secondary N) is 1. The van der Waals surface area contributed by atoms with Crippen LogP contribution in [-0.4, -0.2) is 17.9 Å². The molecule has 0 heterocycles. The van der Waals surface area contributed by atoms with Gasteiger partial charge in [0.15, 0.2) is 0 Å². The minimum atomic E-state index is -1.15. The van der Waals surface area contributed by atoms with Gasteiger partial charge in [-0.2, -0.15) is 0 Å². The molecule has 4 nitrogen and oxygen atoms in total. The molecule has 0 aromatic heterocycles. The average Bonchev–Trinajstić information content (AvgIpc) is 2.41. The summed E-state index contributed by atoms with van der Waals surface area (Å²) in [7, 11) is 0. The van der Waals surface area contributed by atoms with E-state index in [0.29, 0.717) is 17.8 Å². The summed E-state index contributed by atoms with van der Waals surface area (Å²) in [4.78, 5) is 24.2. The second kappa shape index (κ2) is 5.29. The van der Waals surface area contributed by atoms with Crippen molar-refractivity contribution in [3.8, 4) is 0 Å². The lowest BCUT2D eigenvalue weighted by Crippen LogP contribution is -2.59. The first kappa shape index (κ1) is 14.9. The molecule has 0 spiro atoms. The van der Waals surface area contributed by atoms with E-state index >= 15 is 0 Å². The van der Waals surface area contributed by atoms with Crippen molar-refractivity contribution in [3.05, 3.63) is 0 Å². The van der Waals surface area contributed by atoms with Crippen LogP contribution in [0.15, 0.2) is 0 Å². The second-order valence-electron chi connectivity index (χ2n) is 7.85. The molecule has 4 saturated carbocycles. The third-order valence-electron chi connectivity index (χ3n) is 6.27. The van der Waals surface area contributed by atoms with Crippen molar-refractivity contribution >= 4 is 11.9 Å². The van der Waals surface area contributed by atoms with E-state index in [-0.39, 0.29) is 17.2 Å². The van der Waals surface area contributed by atoms with E-state index in [1.165, 1.54) is 19.3 Å². The first-order chi connectivity index (χ1) is 9.93. The Morgan fingerprint density at radius 1 is 1.14 bits per heavy atom. The number of carbonyl (C=O) groups excluding carboxylic acids is 2. The monoisotopic (exact) mass is 292 g/mol. The van der Waals surface area contributed by atoms with Crippen LogP contribution < -0.4 is 10.4 Å². The van der Waals surface area contributed by atoms with E-state index in [0.717, 1.165) is 25.7 Å². The van der Waals surface area contributed by atoms with Crippen molar-refractivity contribution in [2.45, 2.75) is 64.8 Å². The molecular weight excluding hydrogens is 266 g/mol. The van der Waals surface area contributed by atoms with Gasteiger partial charge in [0.1, 0.15) is 0 Å². The summed E-state index contributed by atoms with van der Waals surface area (Å²) in [5.41, 5.74) is -0.282. The maximum atomic E-state index is 12.8. The lowest BCUT2D eigenvalue weighted by Gasteiger charge is -2.56. The lowest BCUT2D eigenvalue weighted by molar-refractivity contribution is -0.309. The highest BCUT2D eigenvalue weighted by molar-refractivity contribution is 5.87. The number of hydrogen-bond acceptors (Lipinski definition) is 3. The molecule has 0 aliphatic heterocycles. The van der Waals surface area contributed by atoms with Crippen molar-refractivity contribution in [2.24, 2.45) is 29.1 Å². The fourth-order valence-corrected chi connectivity index (χ4v) is 5.35. The molecule has 4 heteroatoms. The van der Waals surface area contributed by atoms with Crippen LogP contribution in [0.1, 0.15) is 58.8 Å². The van der Waals surface area contributed by atoms with Gasteiger partial charge in [0.05, 0.1) is 12.0 Å². The average molecular weight is 292 g/mol. The summed E-state index contributed by atoms with van der Waals surface area (Å²) in [6.07, 6.45) is 7.45. The molecule has 1 amide bonds. The van der Waals surface area contributed by atoms with E-state index in [1.807, 2.05) is 13.8 Å². The van der Waals surface area contributed by atoms with Crippen molar-refractivity contribution < 1.29 is 14.7 Å². The quantitative estimate of drug-likeness (QED) is 0.834. The Hall–Kier alpha value is -1.06. The highest BCUT2D eigenvalue weighted by Crippen LogP contribution is 2.60. The normalized spacial score (nSPS) is 39.8. The van der Waals surface area contributed by atoms with Crippen LogP contribution in [0, 0.1) is 29.1 Å². The number of amides is 1. The maximum Gasteiger partial charge on any atom is 0.226 e. The minimum absolute atomic E-state index is 0.0175. The van der Waals surface area contributed by atoms with Crippen molar-refractivity contribution in [3.63, 3.8) is 0 Å². The summed E-state index contributed by atoms with van der Waals surface area (Å²) in [5.74, 6) is 0.803. The fraction of sp³-hybridized carbons (Fsp3) is 0.882. The largest absolute Gasteiger partial charge is 0.548 e. The third kappa shape index (κ3) is 2.58. The highest BCUT2D eigenvalue weighted by Gasteiger charge is 2.54. The van der Waals surface area contributed by atoms with Gasteiger partial charge >= 0.3 is 0 Å². The molecule has 0 aromatic rings. The Morgan fingerprint density at radius 3 is 2.00 bits per heavy atom. The molecule has 4 rings (SSSR count). The minimum Gasteiger partial charge on any atom is -0.548 e. The van der Waals surface area contributed by atoms with E-state index in [4.69, 9.17) is 0 Å². The predicted molar refractivity (Wildman–Crippen MR) is 77.0 cm³/mol. The van der Waals surface area contributed by atoms with E-state index in [1.54, 1.807) is 0 Å². The Kier molecular flexibility index (Phi) is 3.74. The van der Waals surface area contributed by atoms with Gasteiger partial charge in [-0.3, -0.25) is 4.79 Å². The first-order valence-electron chi connectivity index (χ1n) is 8.45. The van der Waals surface area contributed by atoms with E-state index in [9.17, 15) is 14.7 Å². The Balaban J connectivity index is 1.74. The molecule has 2 atom stereocenters. The topological polar surface area (TPSA) is 69.2 Å². The van der Waals surface area contributed by atoms with Crippen LogP contribution in [0.2, 0.25) is 0 Å². The molecule has 0 aromatic carbocycles. The number of carbonyl (C=O) groups is 2. The zero-order valence-corrected chi connectivity index (χ0v) is 13.1. The summed E-state index contributed by atoms with van der Waals surface area (Å²) < 4.78 is 0. The molecule has 4 aliphatic rings. The second-order valence-corrected chi connectivity index (χ2v) is 7.85. The third-order valence-corrected chi connectivity index (χ3v) is 6.27. The number of rotatable bonds is 5. The molecule has 4 fully saturated rings. The molecule has 0 saturated heterocycles. The van der Waals surface area contributed by atoms with Gasteiger partial charge in [0.25, 0.3) is 0 Å². The van der Waals surface area contributed by atoms with Crippen LogP contribution >= 0.6 is 0 Å². The van der Waals surface area contributed by atoms with Gasteiger partial charge in [-0.1, -0.05) is 20.3 Å². The molecule has 4 aliphatic carbocycles. The summed E-state index contributed by atoms with van der Waals surface area (Å²) in [5, 5.41) is 14.2. The first-order valence-corrected chi connectivity index (χ1v) is 8.45. The lowest BCUT2D eigenvalue weighted by atomic mass is 9.49. The maximum absolute atomic E-state index is 12.8.